The van der Waals surface area contributed by atoms with Crippen LogP contribution < -0.4 is 5.46 Å². The summed E-state index contributed by atoms with van der Waals surface area (Å²) in [4.78, 5) is 0.864. The summed E-state index contributed by atoms with van der Waals surface area (Å²) >= 11 is 11.4. The summed E-state index contributed by atoms with van der Waals surface area (Å²) < 4.78 is 60.1. The van der Waals surface area contributed by atoms with E-state index >= 15 is 0 Å². The zero-order valence-electron chi connectivity index (χ0n) is 32.8. The first-order valence-electron chi connectivity index (χ1n) is 18.7. The third kappa shape index (κ3) is 13.7. The number of rotatable bonds is 7. The quantitative estimate of drug-likeness (QED) is 0.0971. The van der Waals surface area contributed by atoms with Crippen molar-refractivity contribution < 1.29 is 51.7 Å². The van der Waals surface area contributed by atoms with Crippen LogP contribution in [-0.2, 0) is 29.1 Å². The van der Waals surface area contributed by atoms with Gasteiger partial charge in [0.1, 0.15) is 17.2 Å². The van der Waals surface area contributed by atoms with Crippen molar-refractivity contribution in [1.82, 2.24) is 0 Å². The lowest BCUT2D eigenvalue weighted by Gasteiger charge is -2.09. The summed E-state index contributed by atoms with van der Waals surface area (Å²) in [5.41, 5.74) is 3.89. The molecule has 0 radical (unpaired) electrons. The van der Waals surface area contributed by atoms with E-state index in [1.807, 2.05) is 0 Å². The predicted molar refractivity (Wildman–Crippen MR) is 240 cm³/mol. The zero-order valence-corrected chi connectivity index (χ0v) is 36.0. The number of halogens is 2. The Balaban J connectivity index is 0.000000184. The van der Waals surface area contributed by atoms with E-state index in [1.54, 1.807) is 121 Å². The summed E-state index contributed by atoms with van der Waals surface area (Å²) in [6, 6.07) is 44.6. The largest absolute Gasteiger partial charge is 0.508 e. The maximum absolute atomic E-state index is 13.0. The van der Waals surface area contributed by atoms with Gasteiger partial charge in [-0.25, -0.2) is 16.8 Å². The number of ether oxygens (including phenoxy) is 2. The summed E-state index contributed by atoms with van der Waals surface area (Å²) in [6.45, 7) is 3.11. The normalized spacial score (nSPS) is 12.3. The lowest BCUT2D eigenvalue weighted by molar-refractivity contribution is -0.0334. The number of hydrogen-bond acceptors (Lipinski definition) is 11. The van der Waals surface area contributed by atoms with Crippen LogP contribution in [0.4, 0.5) is 0 Å². The number of aromatic hydroxyl groups is 3. The van der Waals surface area contributed by atoms with Gasteiger partial charge >= 0.3 is 7.12 Å². The summed E-state index contributed by atoms with van der Waals surface area (Å²) in [5.74, 6) is 0.483. The molecular weight excluding hydrogens is 874 g/mol. The first kappa shape index (κ1) is 47.4. The van der Waals surface area contributed by atoms with Gasteiger partial charge in [0.2, 0.25) is 19.7 Å². The van der Waals surface area contributed by atoms with Gasteiger partial charge in [-0.05, 0) is 137 Å². The Morgan fingerprint density at radius 1 is 0.371 bits per heavy atom. The van der Waals surface area contributed by atoms with E-state index in [0.29, 0.717) is 15.5 Å². The van der Waals surface area contributed by atoms with Crippen LogP contribution in [0.3, 0.4) is 0 Å². The Hall–Kier alpha value is -5.68. The second kappa shape index (κ2) is 22.4. The van der Waals surface area contributed by atoms with Gasteiger partial charge in [-0.3, -0.25) is 0 Å². The molecule has 0 unspecified atom stereocenters. The lowest BCUT2D eigenvalue weighted by Crippen LogP contribution is -2.29. The highest BCUT2D eigenvalue weighted by Crippen LogP contribution is 2.29. The van der Waals surface area contributed by atoms with Gasteiger partial charge in [0.15, 0.2) is 0 Å². The van der Waals surface area contributed by atoms with Crippen LogP contribution in [-0.4, -0.2) is 75.7 Å². The van der Waals surface area contributed by atoms with Crippen LogP contribution in [0.2, 0.25) is 10.0 Å². The smallest absolute Gasteiger partial charge is 0.488 e. The van der Waals surface area contributed by atoms with Gasteiger partial charge in [-0.2, -0.15) is 0 Å². The molecule has 0 aromatic heterocycles. The Kier molecular flexibility index (Phi) is 17.1. The van der Waals surface area contributed by atoms with Gasteiger partial charge in [0.25, 0.3) is 0 Å². The molecule has 0 amide bonds. The number of phenolic OH excluding ortho intramolecular Hbond substituents is 3. The van der Waals surface area contributed by atoms with Gasteiger partial charge in [0.05, 0.1) is 46.0 Å². The average Bonchev–Trinajstić information content (AvgIpc) is 3.29. The van der Waals surface area contributed by atoms with Gasteiger partial charge < -0.3 is 34.8 Å². The highest BCUT2D eigenvalue weighted by Gasteiger charge is 2.19. The van der Waals surface area contributed by atoms with Crippen LogP contribution in [0.25, 0.3) is 22.3 Å². The third-order valence-electron chi connectivity index (χ3n) is 8.91. The second-order valence-electron chi connectivity index (χ2n) is 13.2. The molecule has 1 aliphatic rings. The predicted octanol–water partition coefficient (Wildman–Crippen LogP) is 8.20. The molecule has 7 aromatic carbocycles. The molecular formula is C46H41BCl2O11S2. The SMILES string of the molecule is C1COCCO1.O=S(=O)(c1ccc(-c2ccc(O)cc2)cc1)c1ccc(-c2ccc(O)cc2)cc1.O=S(=O)(c1ccc(Cl)cc1)c1ccc(Cl)cc1.OB(O)c1ccc(O)cc1. The molecule has 62 heavy (non-hydrogen) atoms. The minimum absolute atomic E-state index is 0.115. The molecule has 16 heteroatoms. The summed E-state index contributed by atoms with van der Waals surface area (Å²) in [6.07, 6.45) is 0. The fourth-order valence-corrected chi connectivity index (χ4v) is 8.32. The maximum atomic E-state index is 13.0. The van der Waals surface area contributed by atoms with Crippen molar-refractivity contribution in [2.45, 2.75) is 19.6 Å². The lowest BCUT2D eigenvalue weighted by atomic mass is 9.80. The third-order valence-corrected chi connectivity index (χ3v) is 13.0. The molecule has 0 atom stereocenters. The molecule has 320 valence electrons. The van der Waals surface area contributed by atoms with Crippen LogP contribution in [0.1, 0.15) is 0 Å². The van der Waals surface area contributed by atoms with Crippen LogP contribution in [0, 0.1) is 0 Å². The van der Waals surface area contributed by atoms with Gasteiger partial charge in [-0.1, -0.05) is 83.9 Å². The molecule has 1 aliphatic heterocycles. The molecule has 1 fully saturated rings. The molecule has 11 nitrogen and oxygen atoms in total. The first-order chi connectivity index (χ1) is 29.6. The standard InChI is InChI=1S/C24H18O4S.C12H8Cl2O2S.C6H7BO3.C4H8O2/c25-21-9-1-17(2-10-21)19-5-13-23(14-6-19)29(27,28)24-15-7-20(8-16-24)18-3-11-22(26)12-4-18;13-9-1-5-11(6-2-9)17(15,16)12-7-3-10(14)4-8-12;8-6-3-1-5(2-4-6)7(9)10;1-2-6-4-3-5-1/h1-16,25-26H;1-8H;1-4,8-10H;1-4H2. The monoisotopic (exact) mass is 914 g/mol. The minimum Gasteiger partial charge on any atom is -0.508 e. The van der Waals surface area contributed by atoms with Gasteiger partial charge in [0, 0.05) is 10.0 Å². The van der Waals surface area contributed by atoms with E-state index in [-0.39, 0.29) is 36.8 Å². The topological polar surface area (TPSA) is 188 Å². The number of phenols is 3. The van der Waals surface area contributed by atoms with Crippen molar-refractivity contribution in [1.29, 1.82) is 0 Å². The molecule has 0 aliphatic carbocycles. The highest BCUT2D eigenvalue weighted by atomic mass is 35.5. The fraction of sp³-hybridized carbons (Fsp3) is 0.0870. The Morgan fingerprint density at radius 2 is 0.597 bits per heavy atom. The van der Waals surface area contributed by atoms with Gasteiger partial charge in [-0.15, -0.1) is 0 Å². The molecule has 0 bridgehead atoms. The zero-order chi connectivity index (χ0) is 44.7. The van der Waals surface area contributed by atoms with E-state index in [1.165, 1.54) is 48.5 Å². The highest BCUT2D eigenvalue weighted by molar-refractivity contribution is 7.91. The van der Waals surface area contributed by atoms with Crippen molar-refractivity contribution in [2.75, 3.05) is 26.4 Å². The molecule has 0 saturated carbocycles. The molecule has 1 saturated heterocycles. The van der Waals surface area contributed by atoms with Crippen LogP contribution in [0.5, 0.6) is 17.2 Å². The average molecular weight is 916 g/mol. The van der Waals surface area contributed by atoms with E-state index in [2.05, 4.69) is 0 Å². The van der Waals surface area contributed by atoms with E-state index < -0.39 is 26.8 Å². The second-order valence-corrected chi connectivity index (χ2v) is 18.0. The Labute approximate surface area is 370 Å². The van der Waals surface area contributed by atoms with E-state index in [9.17, 15) is 27.0 Å². The van der Waals surface area contributed by atoms with Crippen molar-refractivity contribution in [3.05, 3.63) is 180 Å². The minimum atomic E-state index is -3.63. The van der Waals surface area contributed by atoms with Crippen molar-refractivity contribution >= 4 is 55.5 Å². The van der Waals surface area contributed by atoms with Crippen molar-refractivity contribution in [3.8, 4) is 39.5 Å². The van der Waals surface area contributed by atoms with Crippen molar-refractivity contribution in [3.63, 3.8) is 0 Å². The summed E-state index contributed by atoms with van der Waals surface area (Å²) in [7, 11) is -8.58. The van der Waals surface area contributed by atoms with E-state index in [4.69, 9.17) is 47.8 Å². The number of benzene rings is 7. The fourth-order valence-electron chi connectivity index (χ4n) is 5.55. The molecule has 0 spiro atoms. The molecule has 7 aromatic rings. The Bertz CT molecular complexity index is 2520. The molecule has 8 rings (SSSR count). The van der Waals surface area contributed by atoms with E-state index in [0.717, 1.165) is 48.7 Å². The molecule has 5 N–H and O–H groups in total. The maximum Gasteiger partial charge on any atom is 0.488 e. The number of sulfone groups is 2. The van der Waals surface area contributed by atoms with Crippen LogP contribution >= 0.6 is 23.2 Å². The van der Waals surface area contributed by atoms with Crippen LogP contribution in [0.15, 0.2) is 189 Å². The first-order valence-corrected chi connectivity index (χ1v) is 22.5. The van der Waals surface area contributed by atoms with Crippen molar-refractivity contribution in [2.24, 2.45) is 0 Å². The summed E-state index contributed by atoms with van der Waals surface area (Å²) in [5, 5.41) is 45.7. The molecule has 1 heterocycles. The Morgan fingerprint density at radius 3 is 0.839 bits per heavy atom. The number of hydrogen-bond donors (Lipinski definition) is 5.